The highest BCUT2D eigenvalue weighted by Gasteiger charge is 2.31. The summed E-state index contributed by atoms with van der Waals surface area (Å²) in [7, 11) is 2.11. The Balaban J connectivity index is 1.39. The number of morpholine rings is 1. The molecular formula is C25H31Cl2N3OS. The fourth-order valence-electron chi connectivity index (χ4n) is 4.83. The summed E-state index contributed by atoms with van der Waals surface area (Å²) < 4.78 is 5.42. The number of benzene rings is 2. The summed E-state index contributed by atoms with van der Waals surface area (Å²) >= 11 is 18.2. The van der Waals surface area contributed by atoms with Crippen LogP contribution in [0, 0.1) is 0 Å². The smallest absolute Gasteiger partial charge is 0.169 e. The number of hydrogen-bond acceptors (Lipinski definition) is 3. The third kappa shape index (κ3) is 5.57. The summed E-state index contributed by atoms with van der Waals surface area (Å²) in [6.07, 6.45) is 3.16. The average Bonchev–Trinajstić information content (AvgIpc) is 2.83. The van der Waals surface area contributed by atoms with Crippen LogP contribution in [0.5, 0.6) is 0 Å². The number of ether oxygens (including phenoxy) is 1. The van der Waals surface area contributed by atoms with Gasteiger partial charge in [-0.2, -0.15) is 0 Å². The van der Waals surface area contributed by atoms with E-state index in [0.29, 0.717) is 16.0 Å². The Morgan fingerprint density at radius 1 is 1.09 bits per heavy atom. The van der Waals surface area contributed by atoms with E-state index in [4.69, 9.17) is 40.2 Å². The topological polar surface area (TPSA) is 27.7 Å². The van der Waals surface area contributed by atoms with Crippen LogP contribution in [0.15, 0.2) is 42.5 Å². The summed E-state index contributed by atoms with van der Waals surface area (Å²) in [5.74, 6) is 0.320. The molecule has 2 aliphatic rings. The van der Waals surface area contributed by atoms with Crippen LogP contribution in [0.3, 0.4) is 0 Å². The van der Waals surface area contributed by atoms with E-state index in [1.54, 1.807) is 0 Å². The molecule has 1 saturated heterocycles. The highest BCUT2D eigenvalue weighted by Crippen LogP contribution is 2.44. The summed E-state index contributed by atoms with van der Waals surface area (Å²) in [5, 5.41) is 5.51. The molecule has 172 valence electrons. The minimum atomic E-state index is 0.268. The molecule has 0 unspecified atom stereocenters. The maximum Gasteiger partial charge on any atom is 0.169 e. The first kappa shape index (κ1) is 23.8. The fourth-order valence-corrected chi connectivity index (χ4v) is 5.37. The molecule has 1 fully saturated rings. The predicted octanol–water partition coefficient (Wildman–Crippen LogP) is 5.49. The Morgan fingerprint density at radius 2 is 1.84 bits per heavy atom. The van der Waals surface area contributed by atoms with Gasteiger partial charge < -0.3 is 15.0 Å². The Kier molecular flexibility index (Phi) is 8.30. The molecule has 1 aliphatic carbocycles. The lowest BCUT2D eigenvalue weighted by atomic mass is 9.76. The lowest BCUT2D eigenvalue weighted by Crippen LogP contribution is -2.42. The lowest BCUT2D eigenvalue weighted by Gasteiger charge is -2.38. The third-order valence-corrected chi connectivity index (χ3v) is 7.80. The molecule has 0 saturated carbocycles. The standard InChI is InChI=1S/C25H31Cl2N3OS/c1-29(25(32)28-11-4-12-30-13-15-31-16-14-30)24-10-8-19(20-5-2-3-6-21(20)24)18-7-9-22(26)23(27)17-18/h2-3,5-7,9,17,19,24H,4,8,10-16H2,1H3,(H,28,32)/t19-,24-/m0/s1. The zero-order valence-corrected chi connectivity index (χ0v) is 20.9. The molecule has 32 heavy (non-hydrogen) atoms. The molecule has 0 bridgehead atoms. The van der Waals surface area contributed by atoms with E-state index < -0.39 is 0 Å². The van der Waals surface area contributed by atoms with E-state index in [2.05, 4.69) is 52.5 Å². The molecule has 2 atom stereocenters. The van der Waals surface area contributed by atoms with Gasteiger partial charge in [0, 0.05) is 32.6 Å². The van der Waals surface area contributed by atoms with Crippen molar-refractivity contribution in [1.29, 1.82) is 0 Å². The van der Waals surface area contributed by atoms with Crippen LogP contribution in [-0.2, 0) is 4.74 Å². The van der Waals surface area contributed by atoms with Crippen LogP contribution in [0.4, 0.5) is 0 Å². The van der Waals surface area contributed by atoms with Crippen LogP contribution < -0.4 is 5.32 Å². The van der Waals surface area contributed by atoms with E-state index in [0.717, 1.165) is 63.8 Å². The van der Waals surface area contributed by atoms with Crippen molar-refractivity contribution in [1.82, 2.24) is 15.1 Å². The van der Waals surface area contributed by atoms with Gasteiger partial charge in [0.15, 0.2) is 5.11 Å². The molecule has 7 heteroatoms. The number of halogens is 2. The molecule has 4 nitrogen and oxygen atoms in total. The van der Waals surface area contributed by atoms with Gasteiger partial charge in [-0.1, -0.05) is 53.5 Å². The van der Waals surface area contributed by atoms with Crippen molar-refractivity contribution >= 4 is 40.5 Å². The van der Waals surface area contributed by atoms with Crippen molar-refractivity contribution in [3.63, 3.8) is 0 Å². The van der Waals surface area contributed by atoms with Gasteiger partial charge in [-0.3, -0.25) is 4.90 Å². The van der Waals surface area contributed by atoms with Gasteiger partial charge >= 0.3 is 0 Å². The summed E-state index contributed by atoms with van der Waals surface area (Å²) in [5.41, 5.74) is 3.91. The summed E-state index contributed by atoms with van der Waals surface area (Å²) in [4.78, 5) is 4.69. The van der Waals surface area contributed by atoms with Crippen molar-refractivity contribution in [2.75, 3.05) is 46.4 Å². The molecule has 1 N–H and O–H groups in total. The molecule has 0 amide bonds. The molecule has 2 aromatic rings. The first-order valence-electron chi connectivity index (χ1n) is 11.4. The predicted molar refractivity (Wildman–Crippen MR) is 137 cm³/mol. The number of nitrogens with one attached hydrogen (secondary N) is 1. The van der Waals surface area contributed by atoms with Gasteiger partial charge in [-0.15, -0.1) is 0 Å². The van der Waals surface area contributed by atoms with Crippen LogP contribution in [0.25, 0.3) is 0 Å². The highest BCUT2D eigenvalue weighted by molar-refractivity contribution is 7.80. The Bertz CT molecular complexity index is 935. The molecule has 1 heterocycles. The van der Waals surface area contributed by atoms with Crippen LogP contribution in [0.1, 0.15) is 47.9 Å². The van der Waals surface area contributed by atoms with Crippen LogP contribution >= 0.6 is 35.4 Å². The van der Waals surface area contributed by atoms with Crippen LogP contribution in [-0.4, -0.2) is 61.4 Å². The first-order chi connectivity index (χ1) is 15.5. The molecular weight excluding hydrogens is 461 g/mol. The largest absolute Gasteiger partial charge is 0.379 e. The number of thiocarbonyl (C=S) groups is 1. The molecule has 0 aromatic heterocycles. The fraction of sp³-hybridized carbons (Fsp3) is 0.480. The van der Waals surface area contributed by atoms with Gasteiger partial charge in [0.2, 0.25) is 0 Å². The number of fused-ring (bicyclic) bond motifs is 1. The Morgan fingerprint density at radius 3 is 2.59 bits per heavy atom. The van der Waals surface area contributed by atoms with Crippen molar-refractivity contribution < 1.29 is 4.74 Å². The number of nitrogens with zero attached hydrogens (tertiary/aromatic N) is 2. The number of hydrogen-bond donors (Lipinski definition) is 1. The quantitative estimate of drug-likeness (QED) is 0.425. The Labute approximate surface area is 206 Å². The second kappa shape index (κ2) is 11.2. The monoisotopic (exact) mass is 491 g/mol. The SMILES string of the molecule is CN(C(=S)NCCCN1CCOCC1)[C@H]1CC[C@@H](c2ccc(Cl)c(Cl)c2)c2ccccc21. The van der Waals surface area contributed by atoms with E-state index in [9.17, 15) is 0 Å². The van der Waals surface area contributed by atoms with E-state index in [-0.39, 0.29) is 6.04 Å². The second-order valence-electron chi connectivity index (χ2n) is 8.60. The number of rotatable bonds is 6. The maximum absolute atomic E-state index is 6.32. The molecule has 0 spiro atoms. The van der Waals surface area contributed by atoms with Gasteiger partial charge in [-0.05, 0) is 66.8 Å². The van der Waals surface area contributed by atoms with E-state index in [1.807, 2.05) is 12.1 Å². The van der Waals surface area contributed by atoms with Crippen molar-refractivity contribution in [2.45, 2.75) is 31.2 Å². The van der Waals surface area contributed by atoms with Crippen molar-refractivity contribution in [2.24, 2.45) is 0 Å². The van der Waals surface area contributed by atoms with E-state index >= 15 is 0 Å². The highest BCUT2D eigenvalue weighted by atomic mass is 35.5. The average molecular weight is 493 g/mol. The van der Waals surface area contributed by atoms with Gasteiger partial charge in [0.1, 0.15) is 0 Å². The summed E-state index contributed by atoms with van der Waals surface area (Å²) in [6, 6.07) is 15.0. The van der Waals surface area contributed by atoms with Gasteiger partial charge in [0.25, 0.3) is 0 Å². The normalized spacial score (nSPS) is 21.1. The van der Waals surface area contributed by atoms with E-state index in [1.165, 1.54) is 16.7 Å². The zero-order valence-electron chi connectivity index (χ0n) is 18.5. The first-order valence-corrected chi connectivity index (χ1v) is 12.6. The molecule has 1 aliphatic heterocycles. The minimum Gasteiger partial charge on any atom is -0.379 e. The third-order valence-electron chi connectivity index (χ3n) is 6.62. The zero-order chi connectivity index (χ0) is 22.5. The summed E-state index contributed by atoms with van der Waals surface area (Å²) in [6.45, 7) is 5.73. The second-order valence-corrected chi connectivity index (χ2v) is 9.80. The molecule has 2 aromatic carbocycles. The van der Waals surface area contributed by atoms with Crippen molar-refractivity contribution in [3.8, 4) is 0 Å². The minimum absolute atomic E-state index is 0.268. The lowest BCUT2D eigenvalue weighted by molar-refractivity contribution is 0.0375. The molecule has 4 rings (SSSR count). The maximum atomic E-state index is 6.32. The van der Waals surface area contributed by atoms with Crippen molar-refractivity contribution in [3.05, 3.63) is 69.2 Å². The molecule has 0 radical (unpaired) electrons. The van der Waals surface area contributed by atoms with Crippen LogP contribution in [0.2, 0.25) is 10.0 Å². The Hall–Kier alpha value is -1.37. The van der Waals surface area contributed by atoms with Gasteiger partial charge in [-0.25, -0.2) is 0 Å². The van der Waals surface area contributed by atoms with Gasteiger partial charge in [0.05, 0.1) is 29.3 Å².